The number of rotatable bonds is 6. The maximum Gasteiger partial charge on any atom is 0.223 e. The molecule has 2 saturated heterocycles. The zero-order valence-corrected chi connectivity index (χ0v) is 16.4. The molecular formula is C21H31N3O3. The Hall–Kier alpha value is -1.92. The number of morpholine rings is 1. The molecule has 6 heteroatoms. The normalized spacial score (nSPS) is 24.6. The summed E-state index contributed by atoms with van der Waals surface area (Å²) in [6.07, 6.45) is 3.11. The number of benzene rings is 1. The lowest BCUT2D eigenvalue weighted by Gasteiger charge is -2.35. The average Bonchev–Trinajstić information content (AvgIpc) is 2.67. The summed E-state index contributed by atoms with van der Waals surface area (Å²) in [4.78, 5) is 27.9. The summed E-state index contributed by atoms with van der Waals surface area (Å²) in [5.41, 5.74) is 1.81. The number of carbonyl (C=O) groups is 2. The molecule has 1 aromatic carbocycles. The van der Waals surface area contributed by atoms with Crippen LogP contribution in [0.25, 0.3) is 0 Å². The van der Waals surface area contributed by atoms with Gasteiger partial charge in [0.15, 0.2) is 0 Å². The minimum absolute atomic E-state index is 0.0954. The van der Waals surface area contributed by atoms with Crippen LogP contribution in [0.5, 0.6) is 0 Å². The molecule has 0 saturated carbocycles. The van der Waals surface area contributed by atoms with Gasteiger partial charge in [-0.05, 0) is 51.0 Å². The standard InChI is InChI=1S/C21H31N3O3/c1-16-13-23(14-17(2)27-16)12-9-22-21(26)19-7-10-24(11-8-19)20-5-3-18(15-25)4-6-20/h3-6,15-17,19H,7-14H2,1-2H3,(H,22,26)/t16-,17+. The number of anilines is 1. The smallest absolute Gasteiger partial charge is 0.223 e. The number of piperidine rings is 1. The molecule has 0 aliphatic carbocycles. The lowest BCUT2D eigenvalue weighted by atomic mass is 9.95. The molecule has 0 aromatic heterocycles. The van der Waals surface area contributed by atoms with Crippen molar-refractivity contribution in [2.24, 2.45) is 5.92 Å². The molecule has 27 heavy (non-hydrogen) atoms. The zero-order valence-electron chi connectivity index (χ0n) is 16.4. The second kappa shape index (κ2) is 9.33. The number of amides is 1. The fourth-order valence-corrected chi connectivity index (χ4v) is 4.11. The fraction of sp³-hybridized carbons (Fsp3) is 0.619. The SMILES string of the molecule is C[C@@H]1CN(CCNC(=O)C2CCN(c3ccc(C=O)cc3)CC2)C[C@H](C)O1. The number of hydrogen-bond donors (Lipinski definition) is 1. The summed E-state index contributed by atoms with van der Waals surface area (Å²) in [7, 11) is 0. The molecule has 2 heterocycles. The van der Waals surface area contributed by atoms with Crippen LogP contribution >= 0.6 is 0 Å². The van der Waals surface area contributed by atoms with Gasteiger partial charge in [-0.15, -0.1) is 0 Å². The molecule has 0 bridgehead atoms. The van der Waals surface area contributed by atoms with E-state index in [1.54, 1.807) is 0 Å². The van der Waals surface area contributed by atoms with Gasteiger partial charge in [0.05, 0.1) is 12.2 Å². The highest BCUT2D eigenvalue weighted by molar-refractivity contribution is 5.79. The van der Waals surface area contributed by atoms with E-state index in [1.807, 2.05) is 24.3 Å². The molecule has 2 aliphatic rings. The van der Waals surface area contributed by atoms with E-state index in [0.29, 0.717) is 12.1 Å². The molecule has 2 fully saturated rings. The van der Waals surface area contributed by atoms with Crippen molar-refractivity contribution >= 4 is 17.9 Å². The molecule has 0 radical (unpaired) electrons. The van der Waals surface area contributed by atoms with Gasteiger partial charge < -0.3 is 15.0 Å². The number of hydrogen-bond acceptors (Lipinski definition) is 5. The highest BCUT2D eigenvalue weighted by Gasteiger charge is 2.26. The molecule has 1 amide bonds. The topological polar surface area (TPSA) is 61.9 Å². The molecule has 2 aliphatic heterocycles. The van der Waals surface area contributed by atoms with Gasteiger partial charge in [-0.3, -0.25) is 14.5 Å². The average molecular weight is 373 g/mol. The Morgan fingerprint density at radius 3 is 2.37 bits per heavy atom. The van der Waals surface area contributed by atoms with Crippen molar-refractivity contribution in [3.8, 4) is 0 Å². The lowest BCUT2D eigenvalue weighted by molar-refractivity contribution is -0.125. The van der Waals surface area contributed by atoms with Crippen molar-refractivity contribution in [2.75, 3.05) is 44.2 Å². The number of ether oxygens (including phenoxy) is 1. The van der Waals surface area contributed by atoms with E-state index in [0.717, 1.165) is 57.5 Å². The van der Waals surface area contributed by atoms with E-state index in [2.05, 4.69) is 29.0 Å². The summed E-state index contributed by atoms with van der Waals surface area (Å²) in [5.74, 6) is 0.276. The summed E-state index contributed by atoms with van der Waals surface area (Å²) in [6, 6.07) is 7.64. The van der Waals surface area contributed by atoms with Crippen molar-refractivity contribution in [1.29, 1.82) is 0 Å². The van der Waals surface area contributed by atoms with Gasteiger partial charge in [0.25, 0.3) is 0 Å². The first-order valence-corrected chi connectivity index (χ1v) is 10.0. The third-order valence-corrected chi connectivity index (χ3v) is 5.48. The first-order valence-electron chi connectivity index (χ1n) is 10.0. The molecule has 6 nitrogen and oxygen atoms in total. The Morgan fingerprint density at radius 2 is 1.78 bits per heavy atom. The van der Waals surface area contributed by atoms with Crippen LogP contribution in [0.1, 0.15) is 37.0 Å². The summed E-state index contributed by atoms with van der Waals surface area (Å²) in [5, 5.41) is 3.12. The summed E-state index contributed by atoms with van der Waals surface area (Å²) >= 11 is 0. The first kappa shape index (κ1) is 19.8. The van der Waals surface area contributed by atoms with Crippen LogP contribution in [-0.2, 0) is 9.53 Å². The van der Waals surface area contributed by atoms with Gasteiger partial charge in [0, 0.05) is 56.4 Å². The van der Waals surface area contributed by atoms with Gasteiger partial charge in [0.1, 0.15) is 6.29 Å². The van der Waals surface area contributed by atoms with E-state index in [4.69, 9.17) is 4.74 Å². The third-order valence-electron chi connectivity index (χ3n) is 5.48. The van der Waals surface area contributed by atoms with Crippen LogP contribution in [0.15, 0.2) is 24.3 Å². The van der Waals surface area contributed by atoms with Crippen LogP contribution in [0, 0.1) is 5.92 Å². The second-order valence-corrected chi connectivity index (χ2v) is 7.78. The van der Waals surface area contributed by atoms with Crippen LogP contribution in [0.3, 0.4) is 0 Å². The van der Waals surface area contributed by atoms with Crippen molar-refractivity contribution in [1.82, 2.24) is 10.2 Å². The van der Waals surface area contributed by atoms with Crippen molar-refractivity contribution < 1.29 is 14.3 Å². The number of aldehydes is 1. The van der Waals surface area contributed by atoms with Crippen molar-refractivity contribution in [3.63, 3.8) is 0 Å². The molecule has 1 aromatic rings. The number of carbonyl (C=O) groups excluding carboxylic acids is 2. The highest BCUT2D eigenvalue weighted by atomic mass is 16.5. The molecule has 1 N–H and O–H groups in total. The zero-order chi connectivity index (χ0) is 19.2. The minimum Gasteiger partial charge on any atom is -0.373 e. The van der Waals surface area contributed by atoms with Crippen LogP contribution in [-0.4, -0.2) is 68.6 Å². The predicted octanol–water partition coefficient (Wildman–Crippen LogP) is 1.94. The lowest BCUT2D eigenvalue weighted by Crippen LogP contribution is -2.48. The van der Waals surface area contributed by atoms with Gasteiger partial charge in [-0.1, -0.05) is 0 Å². The molecule has 0 unspecified atom stereocenters. The number of nitrogens with zero attached hydrogens (tertiary/aromatic N) is 2. The highest BCUT2D eigenvalue weighted by Crippen LogP contribution is 2.23. The van der Waals surface area contributed by atoms with Gasteiger partial charge in [-0.2, -0.15) is 0 Å². The molecule has 3 rings (SSSR count). The molecular weight excluding hydrogens is 342 g/mol. The van der Waals surface area contributed by atoms with Gasteiger partial charge in [0.2, 0.25) is 5.91 Å². The molecule has 0 spiro atoms. The van der Waals surface area contributed by atoms with E-state index < -0.39 is 0 Å². The van der Waals surface area contributed by atoms with Crippen molar-refractivity contribution in [3.05, 3.63) is 29.8 Å². The molecule has 2 atom stereocenters. The quantitative estimate of drug-likeness (QED) is 0.772. The van der Waals surface area contributed by atoms with E-state index >= 15 is 0 Å². The number of nitrogens with one attached hydrogen (secondary N) is 1. The van der Waals surface area contributed by atoms with Crippen LogP contribution in [0.4, 0.5) is 5.69 Å². The third kappa shape index (κ3) is 5.53. The Balaban J connectivity index is 1.38. The van der Waals surface area contributed by atoms with Crippen molar-refractivity contribution in [2.45, 2.75) is 38.9 Å². The first-order chi connectivity index (χ1) is 13.0. The summed E-state index contributed by atoms with van der Waals surface area (Å²) < 4.78 is 5.75. The van der Waals surface area contributed by atoms with E-state index in [9.17, 15) is 9.59 Å². The summed E-state index contributed by atoms with van der Waals surface area (Å²) in [6.45, 7) is 9.39. The monoisotopic (exact) mass is 373 g/mol. The fourth-order valence-electron chi connectivity index (χ4n) is 4.11. The Bertz CT molecular complexity index is 616. The predicted molar refractivity (Wildman–Crippen MR) is 106 cm³/mol. The minimum atomic E-state index is 0.0954. The largest absolute Gasteiger partial charge is 0.373 e. The maximum absolute atomic E-state index is 12.5. The van der Waals surface area contributed by atoms with E-state index in [-0.39, 0.29) is 24.0 Å². The molecule has 148 valence electrons. The second-order valence-electron chi connectivity index (χ2n) is 7.78. The van der Waals surface area contributed by atoms with Crippen LogP contribution < -0.4 is 10.2 Å². The van der Waals surface area contributed by atoms with E-state index in [1.165, 1.54) is 0 Å². The van der Waals surface area contributed by atoms with Gasteiger partial charge >= 0.3 is 0 Å². The van der Waals surface area contributed by atoms with Crippen LogP contribution in [0.2, 0.25) is 0 Å². The van der Waals surface area contributed by atoms with Gasteiger partial charge in [-0.25, -0.2) is 0 Å². The Labute approximate surface area is 161 Å². The maximum atomic E-state index is 12.5. The Kier molecular flexibility index (Phi) is 6.85. The Morgan fingerprint density at radius 1 is 1.15 bits per heavy atom.